The van der Waals surface area contributed by atoms with Crippen molar-refractivity contribution in [2.75, 3.05) is 13.1 Å². The standard InChI is InChI=1S/C19H28N4O4S/c1-14-22-18(27-23-14)6-5-12-20-17(24)11-13-21-28(25,26)16-9-7-15(8-10-16)19(2,3)4/h7-10,21H,5-6,11-13H2,1-4H3,(H,20,24). The summed E-state index contributed by atoms with van der Waals surface area (Å²) in [4.78, 5) is 16.1. The minimum atomic E-state index is -3.63. The van der Waals surface area contributed by atoms with Crippen LogP contribution >= 0.6 is 0 Å². The monoisotopic (exact) mass is 408 g/mol. The lowest BCUT2D eigenvalue weighted by Gasteiger charge is -2.19. The molecule has 154 valence electrons. The molecule has 1 amide bonds. The third kappa shape index (κ3) is 6.72. The van der Waals surface area contributed by atoms with Crippen molar-refractivity contribution in [2.24, 2.45) is 0 Å². The third-order valence-corrected chi connectivity index (χ3v) is 5.61. The van der Waals surface area contributed by atoms with Crippen molar-refractivity contribution in [2.45, 2.75) is 57.3 Å². The van der Waals surface area contributed by atoms with E-state index in [9.17, 15) is 13.2 Å². The van der Waals surface area contributed by atoms with E-state index >= 15 is 0 Å². The second-order valence-corrected chi connectivity index (χ2v) is 9.38. The van der Waals surface area contributed by atoms with Crippen molar-refractivity contribution >= 4 is 15.9 Å². The Hall–Kier alpha value is -2.26. The Morgan fingerprint density at radius 1 is 1.14 bits per heavy atom. The number of amides is 1. The van der Waals surface area contributed by atoms with Gasteiger partial charge in [0.2, 0.25) is 21.8 Å². The molecule has 0 spiro atoms. The van der Waals surface area contributed by atoms with Crippen molar-refractivity contribution in [1.82, 2.24) is 20.2 Å². The molecule has 1 aromatic carbocycles. The summed E-state index contributed by atoms with van der Waals surface area (Å²) in [5.74, 6) is 0.906. The fourth-order valence-corrected chi connectivity index (χ4v) is 3.55. The first-order valence-electron chi connectivity index (χ1n) is 9.24. The number of carbonyl (C=O) groups is 1. The minimum Gasteiger partial charge on any atom is -0.356 e. The molecule has 0 atom stereocenters. The largest absolute Gasteiger partial charge is 0.356 e. The molecule has 0 radical (unpaired) electrons. The van der Waals surface area contributed by atoms with Crippen molar-refractivity contribution in [3.63, 3.8) is 0 Å². The molecule has 0 aliphatic rings. The van der Waals surface area contributed by atoms with Gasteiger partial charge in [-0.25, -0.2) is 13.1 Å². The van der Waals surface area contributed by atoms with Crippen LogP contribution in [0.5, 0.6) is 0 Å². The maximum Gasteiger partial charge on any atom is 0.240 e. The molecule has 0 saturated heterocycles. The molecular weight excluding hydrogens is 380 g/mol. The number of aromatic nitrogens is 2. The van der Waals surface area contributed by atoms with E-state index in [2.05, 4.69) is 41.0 Å². The van der Waals surface area contributed by atoms with E-state index < -0.39 is 10.0 Å². The zero-order chi connectivity index (χ0) is 20.8. The smallest absolute Gasteiger partial charge is 0.240 e. The molecule has 0 unspecified atom stereocenters. The number of hydrogen-bond acceptors (Lipinski definition) is 6. The van der Waals surface area contributed by atoms with E-state index in [-0.39, 0.29) is 29.2 Å². The summed E-state index contributed by atoms with van der Waals surface area (Å²) in [5.41, 5.74) is 1.01. The summed E-state index contributed by atoms with van der Waals surface area (Å²) < 4.78 is 32.1. The van der Waals surface area contributed by atoms with Crippen LogP contribution in [0, 0.1) is 6.92 Å². The van der Waals surface area contributed by atoms with Crippen LogP contribution in [-0.4, -0.2) is 37.6 Å². The summed E-state index contributed by atoms with van der Waals surface area (Å²) in [6, 6.07) is 6.79. The van der Waals surface area contributed by atoms with Gasteiger partial charge in [-0.1, -0.05) is 38.1 Å². The van der Waals surface area contributed by atoms with E-state index in [4.69, 9.17) is 4.52 Å². The van der Waals surface area contributed by atoms with E-state index in [1.165, 1.54) is 0 Å². The van der Waals surface area contributed by atoms with Crippen LogP contribution < -0.4 is 10.0 Å². The highest BCUT2D eigenvalue weighted by molar-refractivity contribution is 7.89. The Balaban J connectivity index is 1.71. The lowest BCUT2D eigenvalue weighted by molar-refractivity contribution is -0.120. The highest BCUT2D eigenvalue weighted by Gasteiger charge is 2.17. The van der Waals surface area contributed by atoms with Crippen LogP contribution in [0.1, 0.15) is 50.9 Å². The van der Waals surface area contributed by atoms with E-state index in [0.717, 1.165) is 5.56 Å². The van der Waals surface area contributed by atoms with Crippen molar-refractivity contribution in [3.8, 4) is 0 Å². The zero-order valence-corrected chi connectivity index (χ0v) is 17.6. The molecule has 8 nitrogen and oxygen atoms in total. The number of aryl methyl sites for hydroxylation is 2. The van der Waals surface area contributed by atoms with Gasteiger partial charge in [-0.2, -0.15) is 4.98 Å². The maximum absolute atomic E-state index is 12.3. The average molecular weight is 409 g/mol. The number of rotatable bonds is 9. The fraction of sp³-hybridized carbons (Fsp3) is 0.526. The lowest BCUT2D eigenvalue weighted by atomic mass is 9.87. The quantitative estimate of drug-likeness (QED) is 0.614. The molecule has 0 aliphatic heterocycles. The Morgan fingerprint density at radius 2 is 1.82 bits per heavy atom. The van der Waals surface area contributed by atoms with Gasteiger partial charge in [0, 0.05) is 25.9 Å². The second-order valence-electron chi connectivity index (χ2n) is 7.61. The fourth-order valence-electron chi connectivity index (χ4n) is 2.51. The van der Waals surface area contributed by atoms with Gasteiger partial charge in [0.25, 0.3) is 0 Å². The topological polar surface area (TPSA) is 114 Å². The van der Waals surface area contributed by atoms with Gasteiger partial charge in [-0.05, 0) is 36.5 Å². The van der Waals surface area contributed by atoms with Gasteiger partial charge in [0.15, 0.2) is 5.82 Å². The molecule has 2 rings (SSSR count). The zero-order valence-electron chi connectivity index (χ0n) is 16.8. The third-order valence-electron chi connectivity index (χ3n) is 4.13. The van der Waals surface area contributed by atoms with E-state index in [1.807, 2.05) is 12.1 Å². The number of sulfonamides is 1. The van der Waals surface area contributed by atoms with Gasteiger partial charge in [0.05, 0.1) is 4.90 Å². The predicted molar refractivity (Wildman–Crippen MR) is 105 cm³/mol. The van der Waals surface area contributed by atoms with Crippen LogP contribution in [0.2, 0.25) is 0 Å². The molecule has 0 saturated carbocycles. The molecule has 0 fully saturated rings. The van der Waals surface area contributed by atoms with E-state index in [0.29, 0.717) is 31.1 Å². The molecule has 0 aliphatic carbocycles. The van der Waals surface area contributed by atoms with Crippen molar-refractivity contribution < 1.29 is 17.7 Å². The van der Waals surface area contributed by atoms with Crippen molar-refractivity contribution in [3.05, 3.63) is 41.5 Å². The van der Waals surface area contributed by atoms with Crippen LogP contribution in [0.3, 0.4) is 0 Å². The van der Waals surface area contributed by atoms with Gasteiger partial charge in [0.1, 0.15) is 0 Å². The van der Waals surface area contributed by atoms with Crippen LogP contribution in [0.25, 0.3) is 0 Å². The molecule has 28 heavy (non-hydrogen) atoms. The van der Waals surface area contributed by atoms with Gasteiger partial charge in [-0.15, -0.1) is 0 Å². The summed E-state index contributed by atoms with van der Waals surface area (Å²) in [6.07, 6.45) is 1.32. The maximum atomic E-state index is 12.3. The number of nitrogens with zero attached hydrogens (tertiary/aromatic N) is 2. The van der Waals surface area contributed by atoms with Crippen LogP contribution in [0.4, 0.5) is 0 Å². The van der Waals surface area contributed by atoms with Gasteiger partial charge in [-0.3, -0.25) is 4.79 Å². The summed E-state index contributed by atoms with van der Waals surface area (Å²) in [6.45, 7) is 8.44. The highest BCUT2D eigenvalue weighted by atomic mass is 32.2. The highest BCUT2D eigenvalue weighted by Crippen LogP contribution is 2.23. The first kappa shape index (κ1) is 22.0. The van der Waals surface area contributed by atoms with E-state index in [1.54, 1.807) is 19.1 Å². The predicted octanol–water partition coefficient (Wildman–Crippen LogP) is 2.09. The number of benzene rings is 1. The summed E-state index contributed by atoms with van der Waals surface area (Å²) in [7, 11) is -3.63. The Labute approximate surface area is 166 Å². The Bertz CT molecular complexity index is 883. The average Bonchev–Trinajstić information content (AvgIpc) is 3.03. The van der Waals surface area contributed by atoms with Gasteiger partial charge >= 0.3 is 0 Å². The van der Waals surface area contributed by atoms with Crippen LogP contribution in [-0.2, 0) is 26.7 Å². The number of carbonyl (C=O) groups excluding carboxylic acids is 1. The summed E-state index contributed by atoms with van der Waals surface area (Å²) >= 11 is 0. The molecule has 1 heterocycles. The molecule has 1 aromatic heterocycles. The lowest BCUT2D eigenvalue weighted by Crippen LogP contribution is -2.31. The molecule has 2 N–H and O–H groups in total. The molecule has 2 aromatic rings. The minimum absolute atomic E-state index is 0.0397. The second kappa shape index (κ2) is 9.29. The Kier molecular flexibility index (Phi) is 7.31. The molecule has 0 bridgehead atoms. The Morgan fingerprint density at radius 3 is 2.39 bits per heavy atom. The number of nitrogens with one attached hydrogen (secondary N) is 2. The van der Waals surface area contributed by atoms with Gasteiger partial charge < -0.3 is 9.84 Å². The van der Waals surface area contributed by atoms with Crippen molar-refractivity contribution in [1.29, 1.82) is 0 Å². The SMILES string of the molecule is Cc1noc(CCCNC(=O)CCNS(=O)(=O)c2ccc(C(C)(C)C)cc2)n1. The summed E-state index contributed by atoms with van der Waals surface area (Å²) in [5, 5.41) is 6.44. The first-order chi connectivity index (χ1) is 13.1. The first-order valence-corrected chi connectivity index (χ1v) is 10.7. The normalized spacial score (nSPS) is 12.1. The molecule has 9 heteroatoms. The van der Waals surface area contributed by atoms with Crippen LogP contribution in [0.15, 0.2) is 33.7 Å². The number of hydrogen-bond donors (Lipinski definition) is 2. The molecular formula is C19H28N4O4S.